The Hall–Kier alpha value is -1.68. The van der Waals surface area contributed by atoms with Gasteiger partial charge in [0.15, 0.2) is 0 Å². The summed E-state index contributed by atoms with van der Waals surface area (Å²) in [5.74, 6) is -0.442. The average Bonchev–Trinajstić information content (AvgIpc) is 3.06. The van der Waals surface area contributed by atoms with E-state index in [1.165, 1.54) is 7.11 Å². The van der Waals surface area contributed by atoms with E-state index in [-0.39, 0.29) is 6.54 Å². The van der Waals surface area contributed by atoms with Crippen LogP contribution in [0.25, 0.3) is 0 Å². The molecule has 0 saturated carbocycles. The SMILES string of the molecule is COc1ccc(C(OC)C(C)NS(=O)(=O)N2CCCC2C(=O)O)cc1. The molecule has 2 N–H and O–H groups in total. The van der Waals surface area contributed by atoms with Crippen molar-refractivity contribution in [1.29, 1.82) is 0 Å². The second kappa shape index (κ2) is 8.13. The first-order valence-electron chi connectivity index (χ1n) is 7.98. The number of benzene rings is 1. The van der Waals surface area contributed by atoms with Gasteiger partial charge in [-0.3, -0.25) is 4.79 Å². The maximum absolute atomic E-state index is 12.6. The van der Waals surface area contributed by atoms with Crippen LogP contribution < -0.4 is 9.46 Å². The first-order valence-corrected chi connectivity index (χ1v) is 9.42. The van der Waals surface area contributed by atoms with Crippen molar-refractivity contribution in [3.05, 3.63) is 29.8 Å². The third-order valence-corrected chi connectivity index (χ3v) is 6.01. The molecule has 25 heavy (non-hydrogen) atoms. The summed E-state index contributed by atoms with van der Waals surface area (Å²) >= 11 is 0. The molecule has 0 aromatic heterocycles. The number of carboxylic acid groups (broad SMARTS) is 1. The molecule has 1 aromatic rings. The van der Waals surface area contributed by atoms with Crippen molar-refractivity contribution < 1.29 is 27.8 Å². The topological polar surface area (TPSA) is 105 Å². The van der Waals surface area contributed by atoms with Crippen molar-refractivity contribution in [1.82, 2.24) is 9.03 Å². The first kappa shape index (κ1) is 19.6. The third-order valence-electron chi connectivity index (χ3n) is 4.28. The molecule has 0 amide bonds. The highest BCUT2D eigenvalue weighted by molar-refractivity contribution is 7.87. The zero-order chi connectivity index (χ0) is 18.6. The summed E-state index contributed by atoms with van der Waals surface area (Å²) < 4.78 is 39.3. The molecule has 0 aliphatic carbocycles. The fourth-order valence-corrected chi connectivity index (χ4v) is 4.69. The molecular weight excluding hydrogens is 348 g/mol. The van der Waals surface area contributed by atoms with E-state index in [1.54, 1.807) is 38.3 Å². The Morgan fingerprint density at radius 1 is 1.32 bits per heavy atom. The summed E-state index contributed by atoms with van der Waals surface area (Å²) in [6, 6.07) is 5.53. The normalized spacial score (nSPS) is 21.0. The second-order valence-electron chi connectivity index (χ2n) is 5.95. The summed E-state index contributed by atoms with van der Waals surface area (Å²) in [7, 11) is -0.872. The van der Waals surface area contributed by atoms with Gasteiger partial charge in [-0.15, -0.1) is 0 Å². The smallest absolute Gasteiger partial charge is 0.322 e. The highest BCUT2D eigenvalue weighted by Gasteiger charge is 2.40. The van der Waals surface area contributed by atoms with Gasteiger partial charge in [-0.1, -0.05) is 12.1 Å². The van der Waals surface area contributed by atoms with Crippen LogP contribution in [0.4, 0.5) is 0 Å². The molecule has 1 aromatic carbocycles. The molecule has 0 radical (unpaired) electrons. The Morgan fingerprint density at radius 2 is 1.96 bits per heavy atom. The Bertz CT molecular complexity index is 691. The first-order chi connectivity index (χ1) is 11.8. The molecule has 1 heterocycles. The summed E-state index contributed by atoms with van der Waals surface area (Å²) in [6.45, 7) is 1.88. The van der Waals surface area contributed by atoms with Gasteiger partial charge in [0.1, 0.15) is 11.8 Å². The van der Waals surface area contributed by atoms with Crippen LogP contribution in [0.1, 0.15) is 31.4 Å². The minimum atomic E-state index is -3.93. The number of aliphatic carboxylic acids is 1. The van der Waals surface area contributed by atoms with Crippen molar-refractivity contribution in [2.75, 3.05) is 20.8 Å². The van der Waals surface area contributed by atoms with Crippen molar-refractivity contribution in [2.45, 2.75) is 38.0 Å². The minimum absolute atomic E-state index is 0.194. The number of rotatable bonds is 8. The van der Waals surface area contributed by atoms with E-state index >= 15 is 0 Å². The summed E-state index contributed by atoms with van der Waals surface area (Å²) in [5.41, 5.74) is 0.787. The molecule has 1 aliphatic rings. The van der Waals surface area contributed by atoms with E-state index in [0.29, 0.717) is 18.6 Å². The molecule has 8 nitrogen and oxygen atoms in total. The van der Waals surface area contributed by atoms with Gasteiger partial charge < -0.3 is 14.6 Å². The van der Waals surface area contributed by atoms with Crippen molar-refractivity contribution in [2.24, 2.45) is 0 Å². The number of nitrogens with one attached hydrogen (secondary N) is 1. The third kappa shape index (κ3) is 4.49. The fraction of sp³-hybridized carbons (Fsp3) is 0.562. The van der Waals surface area contributed by atoms with E-state index in [0.717, 1.165) is 9.87 Å². The van der Waals surface area contributed by atoms with E-state index < -0.39 is 34.4 Å². The van der Waals surface area contributed by atoms with E-state index in [4.69, 9.17) is 9.47 Å². The van der Waals surface area contributed by atoms with Crippen molar-refractivity contribution >= 4 is 16.2 Å². The number of carboxylic acids is 1. The molecule has 3 unspecified atom stereocenters. The Labute approximate surface area is 147 Å². The number of nitrogens with zero attached hydrogens (tertiary/aromatic N) is 1. The molecule has 2 rings (SSSR count). The van der Waals surface area contributed by atoms with E-state index in [1.807, 2.05) is 0 Å². The number of carbonyl (C=O) groups is 1. The molecule has 3 atom stereocenters. The van der Waals surface area contributed by atoms with Gasteiger partial charge in [-0.25, -0.2) is 0 Å². The molecule has 1 saturated heterocycles. The van der Waals surface area contributed by atoms with Crippen LogP contribution in [0, 0.1) is 0 Å². The highest BCUT2D eigenvalue weighted by atomic mass is 32.2. The van der Waals surface area contributed by atoms with Crippen LogP contribution in [-0.4, -0.2) is 56.6 Å². The summed E-state index contributed by atoms with van der Waals surface area (Å²) in [5, 5.41) is 9.19. The van der Waals surface area contributed by atoms with Crippen LogP contribution in [-0.2, 0) is 19.7 Å². The Kier molecular flexibility index (Phi) is 6.39. The van der Waals surface area contributed by atoms with Crippen molar-refractivity contribution in [3.63, 3.8) is 0 Å². The van der Waals surface area contributed by atoms with Gasteiger partial charge in [0.2, 0.25) is 0 Å². The molecule has 0 bridgehead atoms. The second-order valence-corrected chi connectivity index (χ2v) is 7.60. The number of hydrogen-bond acceptors (Lipinski definition) is 5. The lowest BCUT2D eigenvalue weighted by Crippen LogP contribution is -2.50. The number of methoxy groups -OCH3 is 2. The molecular formula is C16H24N2O6S. The monoisotopic (exact) mass is 372 g/mol. The van der Waals surface area contributed by atoms with E-state index in [2.05, 4.69) is 4.72 Å². The molecule has 1 fully saturated rings. The van der Waals surface area contributed by atoms with Gasteiger partial charge in [0, 0.05) is 13.7 Å². The largest absolute Gasteiger partial charge is 0.497 e. The van der Waals surface area contributed by atoms with Gasteiger partial charge in [-0.05, 0) is 37.5 Å². The Balaban J connectivity index is 2.14. The van der Waals surface area contributed by atoms with Gasteiger partial charge in [0.05, 0.1) is 19.3 Å². The van der Waals surface area contributed by atoms with Crippen LogP contribution in [0.5, 0.6) is 5.75 Å². The zero-order valence-corrected chi connectivity index (χ0v) is 15.3. The lowest BCUT2D eigenvalue weighted by atomic mass is 10.0. The maximum Gasteiger partial charge on any atom is 0.322 e. The Morgan fingerprint density at radius 3 is 2.48 bits per heavy atom. The molecule has 9 heteroatoms. The lowest BCUT2D eigenvalue weighted by Gasteiger charge is -2.28. The van der Waals surface area contributed by atoms with Gasteiger partial charge in [0.25, 0.3) is 10.2 Å². The summed E-state index contributed by atoms with van der Waals surface area (Å²) in [6.07, 6.45) is 0.321. The quantitative estimate of drug-likeness (QED) is 0.709. The van der Waals surface area contributed by atoms with Crippen LogP contribution >= 0.6 is 0 Å². The predicted molar refractivity (Wildman–Crippen MR) is 91.6 cm³/mol. The van der Waals surface area contributed by atoms with Gasteiger partial charge in [-0.2, -0.15) is 17.4 Å². The fourth-order valence-electron chi connectivity index (χ4n) is 3.06. The highest BCUT2D eigenvalue weighted by Crippen LogP contribution is 2.25. The molecule has 0 spiro atoms. The maximum atomic E-state index is 12.6. The van der Waals surface area contributed by atoms with Crippen LogP contribution in [0.2, 0.25) is 0 Å². The summed E-state index contributed by atoms with van der Waals surface area (Å²) in [4.78, 5) is 11.2. The minimum Gasteiger partial charge on any atom is -0.497 e. The number of hydrogen-bond donors (Lipinski definition) is 2. The average molecular weight is 372 g/mol. The zero-order valence-electron chi connectivity index (χ0n) is 14.5. The van der Waals surface area contributed by atoms with Crippen LogP contribution in [0.15, 0.2) is 24.3 Å². The van der Waals surface area contributed by atoms with E-state index in [9.17, 15) is 18.3 Å². The van der Waals surface area contributed by atoms with Crippen molar-refractivity contribution in [3.8, 4) is 5.75 Å². The number of ether oxygens (including phenoxy) is 2. The molecule has 1 aliphatic heterocycles. The lowest BCUT2D eigenvalue weighted by molar-refractivity contribution is -0.140. The van der Waals surface area contributed by atoms with Gasteiger partial charge >= 0.3 is 5.97 Å². The molecule has 140 valence electrons. The predicted octanol–water partition coefficient (Wildman–Crippen LogP) is 1.15. The standard InChI is InChI=1S/C16H24N2O6S/c1-11(15(24-3)12-6-8-13(23-2)9-7-12)17-25(21,22)18-10-4-5-14(18)16(19)20/h6-9,11,14-15,17H,4-5,10H2,1-3H3,(H,19,20). The van der Waals surface area contributed by atoms with Crippen LogP contribution in [0.3, 0.4) is 0 Å².